The van der Waals surface area contributed by atoms with Crippen molar-refractivity contribution in [2.24, 2.45) is 11.8 Å². The fourth-order valence-corrected chi connectivity index (χ4v) is 7.32. The van der Waals surface area contributed by atoms with Gasteiger partial charge < -0.3 is 29.9 Å². The van der Waals surface area contributed by atoms with Gasteiger partial charge in [0.05, 0.1) is 18.3 Å². The monoisotopic (exact) mass is 751 g/mol. The van der Waals surface area contributed by atoms with Crippen LogP contribution in [0.4, 0.5) is 0 Å². The molecule has 0 aromatic carbocycles. The third kappa shape index (κ3) is 28.3. The van der Waals surface area contributed by atoms with Gasteiger partial charge in [-0.05, 0) is 38.0 Å². The number of carbonyl (C=O) groups excluding carboxylic acids is 2. The van der Waals surface area contributed by atoms with Crippen molar-refractivity contribution in [3.05, 3.63) is 24.3 Å². The van der Waals surface area contributed by atoms with Crippen molar-refractivity contribution in [3.63, 3.8) is 0 Å². The number of rotatable bonds is 36. The number of ether oxygens (including phenoxy) is 2. The predicted molar refractivity (Wildman–Crippen MR) is 216 cm³/mol. The largest absolute Gasteiger partial charge is 0.463 e. The second-order valence-electron chi connectivity index (χ2n) is 15.8. The molecule has 1 fully saturated rings. The summed E-state index contributed by atoms with van der Waals surface area (Å²) in [4.78, 5) is 24.2. The Balaban J connectivity index is 1.98. The molecule has 0 unspecified atom stereocenters. The number of allylic oxidation sites excluding steroid dienone is 2. The summed E-state index contributed by atoms with van der Waals surface area (Å²) in [5, 5.41) is 41.2. The Morgan fingerprint density at radius 1 is 0.604 bits per heavy atom. The number of hydrogen-bond acceptors (Lipinski definition) is 8. The molecule has 1 aliphatic rings. The van der Waals surface area contributed by atoms with Crippen LogP contribution in [0.15, 0.2) is 24.3 Å². The standard InChI is InChI=1S/C45H82O8/c1-3-5-7-8-9-10-11-12-13-14-15-16-17-18-19-20-21-22-27-31-44(50)52-36-39(47)37-53-45(51)32-28-24-23-26-30-40-41(43(49)35-42(40)48)34-33-38(46)29-25-6-4-2/h23,26,33-34,38-43,46-49H,3-22,24-25,27-32,35-37H2,1-2H3/b26-23+,34-33+/t38-,39+,40+,41+,42-,43+/m0/s1. The van der Waals surface area contributed by atoms with E-state index in [9.17, 15) is 30.0 Å². The summed E-state index contributed by atoms with van der Waals surface area (Å²) in [5.74, 6) is -1.05. The van der Waals surface area contributed by atoms with Crippen LogP contribution in [0.5, 0.6) is 0 Å². The molecule has 1 rings (SSSR count). The highest BCUT2D eigenvalue weighted by molar-refractivity contribution is 5.69. The van der Waals surface area contributed by atoms with E-state index in [4.69, 9.17) is 9.47 Å². The lowest BCUT2D eigenvalue weighted by atomic mass is 9.89. The molecular formula is C45H82O8. The van der Waals surface area contributed by atoms with Crippen molar-refractivity contribution in [2.45, 2.75) is 224 Å². The molecular weight excluding hydrogens is 668 g/mol. The van der Waals surface area contributed by atoms with Crippen LogP contribution in [0.2, 0.25) is 0 Å². The predicted octanol–water partition coefficient (Wildman–Crippen LogP) is 10.2. The van der Waals surface area contributed by atoms with E-state index in [2.05, 4.69) is 13.8 Å². The van der Waals surface area contributed by atoms with Gasteiger partial charge in [-0.2, -0.15) is 0 Å². The molecule has 0 bridgehead atoms. The highest BCUT2D eigenvalue weighted by atomic mass is 16.6. The van der Waals surface area contributed by atoms with E-state index in [1.165, 1.54) is 103 Å². The number of esters is 2. The Kier molecular flexibility index (Phi) is 32.3. The summed E-state index contributed by atoms with van der Waals surface area (Å²) in [6.45, 7) is 4.02. The van der Waals surface area contributed by atoms with Gasteiger partial charge in [0, 0.05) is 25.2 Å². The Hall–Kier alpha value is -1.74. The molecule has 0 aromatic rings. The molecule has 310 valence electrons. The Morgan fingerprint density at radius 3 is 1.57 bits per heavy atom. The smallest absolute Gasteiger partial charge is 0.305 e. The van der Waals surface area contributed by atoms with Crippen LogP contribution in [0.25, 0.3) is 0 Å². The van der Waals surface area contributed by atoms with E-state index < -0.39 is 30.4 Å². The maximum absolute atomic E-state index is 12.1. The quantitative estimate of drug-likeness (QED) is 0.0283. The maximum atomic E-state index is 12.1. The first-order valence-electron chi connectivity index (χ1n) is 22.1. The van der Waals surface area contributed by atoms with Crippen LogP contribution in [0.3, 0.4) is 0 Å². The van der Waals surface area contributed by atoms with Gasteiger partial charge in [0.25, 0.3) is 0 Å². The minimum atomic E-state index is -1.04. The zero-order valence-corrected chi connectivity index (χ0v) is 34.1. The highest BCUT2D eigenvalue weighted by Crippen LogP contribution is 2.36. The van der Waals surface area contributed by atoms with E-state index in [0.29, 0.717) is 38.5 Å². The molecule has 0 saturated heterocycles. The third-order valence-corrected chi connectivity index (χ3v) is 10.8. The van der Waals surface area contributed by atoms with Crippen LogP contribution >= 0.6 is 0 Å². The molecule has 4 N–H and O–H groups in total. The molecule has 53 heavy (non-hydrogen) atoms. The number of unbranched alkanes of at least 4 members (excludes halogenated alkanes) is 21. The second-order valence-corrected chi connectivity index (χ2v) is 15.8. The molecule has 8 nitrogen and oxygen atoms in total. The van der Waals surface area contributed by atoms with Gasteiger partial charge in [0.15, 0.2) is 0 Å². The summed E-state index contributed by atoms with van der Waals surface area (Å²) >= 11 is 0. The minimum Gasteiger partial charge on any atom is -0.463 e. The molecule has 0 spiro atoms. The van der Waals surface area contributed by atoms with Crippen LogP contribution in [0.1, 0.15) is 200 Å². The number of aliphatic hydroxyl groups excluding tert-OH is 4. The summed E-state index contributed by atoms with van der Waals surface area (Å²) in [6, 6.07) is 0. The number of carbonyl (C=O) groups is 2. The molecule has 8 heteroatoms. The fourth-order valence-electron chi connectivity index (χ4n) is 7.32. The van der Waals surface area contributed by atoms with Crippen molar-refractivity contribution in [3.8, 4) is 0 Å². The van der Waals surface area contributed by atoms with Gasteiger partial charge >= 0.3 is 11.9 Å². The first-order valence-corrected chi connectivity index (χ1v) is 22.1. The van der Waals surface area contributed by atoms with Gasteiger partial charge in [0.2, 0.25) is 0 Å². The van der Waals surface area contributed by atoms with Crippen molar-refractivity contribution in [2.75, 3.05) is 13.2 Å². The van der Waals surface area contributed by atoms with Gasteiger partial charge in [-0.3, -0.25) is 9.59 Å². The van der Waals surface area contributed by atoms with E-state index in [1.807, 2.05) is 18.2 Å². The first kappa shape index (κ1) is 49.3. The molecule has 1 aliphatic carbocycles. The zero-order chi connectivity index (χ0) is 38.8. The number of aliphatic hydroxyl groups is 4. The van der Waals surface area contributed by atoms with Gasteiger partial charge in [0.1, 0.15) is 19.3 Å². The normalized spacial score (nSPS) is 20.0. The molecule has 0 heterocycles. The molecule has 0 amide bonds. The maximum Gasteiger partial charge on any atom is 0.305 e. The van der Waals surface area contributed by atoms with Crippen LogP contribution in [-0.2, 0) is 19.1 Å². The molecule has 0 radical (unpaired) electrons. The zero-order valence-electron chi connectivity index (χ0n) is 34.1. The molecule has 6 atom stereocenters. The van der Waals surface area contributed by atoms with Crippen molar-refractivity contribution in [1.82, 2.24) is 0 Å². The number of hydrogen-bond donors (Lipinski definition) is 4. The van der Waals surface area contributed by atoms with Crippen LogP contribution in [-0.4, -0.2) is 70.0 Å². The average molecular weight is 751 g/mol. The lowest BCUT2D eigenvalue weighted by Gasteiger charge is -2.19. The summed E-state index contributed by atoms with van der Waals surface area (Å²) in [6.07, 6.45) is 36.2. The topological polar surface area (TPSA) is 134 Å². The highest BCUT2D eigenvalue weighted by Gasteiger charge is 2.39. The average Bonchev–Trinajstić information content (AvgIpc) is 3.41. The third-order valence-electron chi connectivity index (χ3n) is 10.8. The Morgan fingerprint density at radius 2 is 1.06 bits per heavy atom. The van der Waals surface area contributed by atoms with Gasteiger partial charge in [-0.15, -0.1) is 0 Å². The summed E-state index contributed by atoms with van der Waals surface area (Å²) in [5.41, 5.74) is 0. The molecule has 0 aliphatic heterocycles. The minimum absolute atomic E-state index is 0.116. The van der Waals surface area contributed by atoms with Gasteiger partial charge in [-0.1, -0.05) is 173 Å². The van der Waals surface area contributed by atoms with Crippen LogP contribution in [0, 0.1) is 11.8 Å². The van der Waals surface area contributed by atoms with E-state index >= 15 is 0 Å². The van der Waals surface area contributed by atoms with Crippen molar-refractivity contribution in [1.29, 1.82) is 0 Å². The Labute approximate surface area is 324 Å². The van der Waals surface area contributed by atoms with E-state index in [1.54, 1.807) is 6.08 Å². The molecule has 1 saturated carbocycles. The van der Waals surface area contributed by atoms with Crippen LogP contribution < -0.4 is 0 Å². The molecule has 0 aromatic heterocycles. The van der Waals surface area contributed by atoms with Crippen molar-refractivity contribution >= 4 is 11.9 Å². The lowest BCUT2D eigenvalue weighted by molar-refractivity contribution is -0.152. The second kappa shape index (κ2) is 34.7. The van der Waals surface area contributed by atoms with E-state index in [-0.39, 0.29) is 37.4 Å². The van der Waals surface area contributed by atoms with Gasteiger partial charge in [-0.25, -0.2) is 0 Å². The lowest BCUT2D eigenvalue weighted by Crippen LogP contribution is -2.25. The van der Waals surface area contributed by atoms with E-state index in [0.717, 1.165) is 38.5 Å². The summed E-state index contributed by atoms with van der Waals surface area (Å²) in [7, 11) is 0. The Bertz CT molecular complexity index is 920. The van der Waals surface area contributed by atoms with Crippen molar-refractivity contribution < 1.29 is 39.5 Å². The fraction of sp³-hybridized carbons (Fsp3) is 0.867. The first-order chi connectivity index (χ1) is 25.8. The summed E-state index contributed by atoms with van der Waals surface area (Å²) < 4.78 is 10.3. The SMILES string of the molecule is CCCCCCCCCCCCCCCCCCCCCC(=O)OC[C@@H](O)COC(=O)CCC/C=C/C[C@@H]1[C@@H](/C=C/[C@@H](O)CCCCC)[C@H](O)C[C@@H]1O.